The summed E-state index contributed by atoms with van der Waals surface area (Å²) < 4.78 is 0. The molecule has 1 aliphatic carbocycles. The van der Waals surface area contributed by atoms with Crippen molar-refractivity contribution in [3.8, 4) is 0 Å². The number of amides is 2. The molecular weight excluding hydrogens is 372 g/mol. The number of hydrogen-bond donors (Lipinski definition) is 1. The first-order valence-electron chi connectivity index (χ1n) is 10.8. The van der Waals surface area contributed by atoms with Crippen molar-refractivity contribution >= 4 is 11.8 Å². The van der Waals surface area contributed by atoms with E-state index >= 15 is 0 Å². The highest BCUT2D eigenvalue weighted by Crippen LogP contribution is 2.48. The van der Waals surface area contributed by atoms with Gasteiger partial charge in [-0.15, -0.1) is 0 Å². The van der Waals surface area contributed by atoms with Gasteiger partial charge in [-0.3, -0.25) is 9.59 Å². The lowest BCUT2D eigenvalue weighted by Crippen LogP contribution is -2.34. The maximum atomic E-state index is 13.0. The third-order valence-electron chi connectivity index (χ3n) is 6.24. The number of nitrogens with one attached hydrogen (secondary N) is 1. The lowest BCUT2D eigenvalue weighted by atomic mass is 9.85. The second kappa shape index (κ2) is 8.25. The van der Waals surface area contributed by atoms with Gasteiger partial charge in [0.15, 0.2) is 0 Å². The highest BCUT2D eigenvalue weighted by atomic mass is 16.2. The first-order valence-corrected chi connectivity index (χ1v) is 10.8. The third-order valence-corrected chi connectivity index (χ3v) is 6.24. The number of nitrogens with zero attached hydrogens (tertiary/aromatic N) is 1. The highest BCUT2D eigenvalue weighted by Gasteiger charge is 2.51. The molecule has 0 spiro atoms. The summed E-state index contributed by atoms with van der Waals surface area (Å²) in [6, 6.07) is 16.2. The number of rotatable bonds is 6. The van der Waals surface area contributed by atoms with Crippen LogP contribution in [0.1, 0.15) is 74.5 Å². The Morgan fingerprint density at radius 1 is 1.00 bits per heavy atom. The maximum absolute atomic E-state index is 13.0. The van der Waals surface area contributed by atoms with E-state index in [9.17, 15) is 9.59 Å². The molecule has 4 heteroatoms. The fourth-order valence-electron chi connectivity index (χ4n) is 3.62. The topological polar surface area (TPSA) is 49.4 Å². The lowest BCUT2D eigenvalue weighted by Gasteiger charge is -2.22. The van der Waals surface area contributed by atoms with Gasteiger partial charge in [0.05, 0.1) is 5.41 Å². The predicted octanol–water partition coefficient (Wildman–Crippen LogP) is 4.81. The van der Waals surface area contributed by atoms with Crippen molar-refractivity contribution < 1.29 is 9.59 Å². The monoisotopic (exact) mass is 406 g/mol. The van der Waals surface area contributed by atoms with E-state index in [0.29, 0.717) is 12.1 Å². The molecule has 1 saturated carbocycles. The Morgan fingerprint density at radius 2 is 1.57 bits per heavy atom. The number of carbonyl (C=O) groups is 2. The molecule has 0 aromatic heterocycles. The van der Waals surface area contributed by atoms with Crippen molar-refractivity contribution in [3.05, 3.63) is 70.8 Å². The maximum Gasteiger partial charge on any atom is 0.253 e. The van der Waals surface area contributed by atoms with Crippen molar-refractivity contribution in [2.75, 3.05) is 7.05 Å². The minimum absolute atomic E-state index is 0.0104. The van der Waals surface area contributed by atoms with Gasteiger partial charge in [-0.1, -0.05) is 57.2 Å². The molecular formula is C26H34N2O2. The molecule has 1 fully saturated rings. The van der Waals surface area contributed by atoms with E-state index in [0.717, 1.165) is 24.0 Å². The Bertz CT molecular complexity index is 902. The van der Waals surface area contributed by atoms with Gasteiger partial charge in [0.1, 0.15) is 0 Å². The Morgan fingerprint density at radius 3 is 2.03 bits per heavy atom. The molecule has 30 heavy (non-hydrogen) atoms. The van der Waals surface area contributed by atoms with E-state index in [4.69, 9.17) is 0 Å². The van der Waals surface area contributed by atoms with Gasteiger partial charge in [-0.2, -0.15) is 0 Å². The molecule has 0 heterocycles. The number of hydrogen-bond acceptors (Lipinski definition) is 2. The first kappa shape index (κ1) is 22.1. The van der Waals surface area contributed by atoms with Gasteiger partial charge >= 0.3 is 0 Å². The van der Waals surface area contributed by atoms with Crippen LogP contribution in [0.25, 0.3) is 0 Å². The fourth-order valence-corrected chi connectivity index (χ4v) is 3.62. The molecule has 1 N–H and O–H groups in total. The number of carbonyl (C=O) groups excluding carboxylic acids is 2. The zero-order chi connectivity index (χ0) is 22.1. The number of benzene rings is 2. The zero-order valence-corrected chi connectivity index (χ0v) is 19.1. The summed E-state index contributed by atoms with van der Waals surface area (Å²) in [5, 5.41) is 3.10. The molecule has 2 amide bonds. The van der Waals surface area contributed by atoms with Crippen LogP contribution in [0.3, 0.4) is 0 Å². The van der Waals surface area contributed by atoms with Crippen molar-refractivity contribution in [2.24, 2.45) is 0 Å². The average Bonchev–Trinajstić information content (AvgIpc) is 3.53. The van der Waals surface area contributed by atoms with Gasteiger partial charge in [0.2, 0.25) is 5.91 Å². The molecule has 1 aliphatic rings. The Labute approximate surface area is 180 Å². The predicted molar refractivity (Wildman–Crippen MR) is 122 cm³/mol. The van der Waals surface area contributed by atoms with Gasteiger partial charge in [0, 0.05) is 25.2 Å². The van der Waals surface area contributed by atoms with Crippen LogP contribution in [-0.4, -0.2) is 29.8 Å². The van der Waals surface area contributed by atoms with Gasteiger partial charge in [-0.05, 0) is 60.9 Å². The Balaban J connectivity index is 1.62. The van der Waals surface area contributed by atoms with E-state index in [1.807, 2.05) is 45.2 Å². The highest BCUT2D eigenvalue weighted by molar-refractivity contribution is 5.94. The second-order valence-corrected chi connectivity index (χ2v) is 9.80. The lowest BCUT2D eigenvalue weighted by molar-refractivity contribution is -0.123. The molecule has 0 aliphatic heterocycles. The SMILES string of the molecule is CC(C)N(C)C(=O)c1ccc(CNC(=O)C2(c3ccc(C(C)(C)C)cc3)CC2)cc1. The van der Waals surface area contributed by atoms with Crippen molar-refractivity contribution in [1.82, 2.24) is 10.2 Å². The third kappa shape index (κ3) is 4.58. The van der Waals surface area contributed by atoms with Gasteiger partial charge in [0.25, 0.3) is 5.91 Å². The molecule has 3 rings (SSSR count). The first-order chi connectivity index (χ1) is 14.0. The van der Waals surface area contributed by atoms with Crippen LogP contribution in [0.2, 0.25) is 0 Å². The minimum Gasteiger partial charge on any atom is -0.351 e. The molecule has 160 valence electrons. The molecule has 2 aromatic rings. The van der Waals surface area contributed by atoms with E-state index in [-0.39, 0.29) is 28.7 Å². The molecule has 0 bridgehead atoms. The second-order valence-electron chi connectivity index (χ2n) is 9.80. The molecule has 0 unspecified atom stereocenters. The zero-order valence-electron chi connectivity index (χ0n) is 19.1. The quantitative estimate of drug-likeness (QED) is 0.748. The normalized spacial score (nSPS) is 15.0. The largest absolute Gasteiger partial charge is 0.351 e. The molecule has 0 saturated heterocycles. The van der Waals surface area contributed by atoms with E-state index < -0.39 is 0 Å². The summed E-state index contributed by atoms with van der Waals surface area (Å²) >= 11 is 0. The van der Waals surface area contributed by atoms with Gasteiger partial charge < -0.3 is 10.2 Å². The van der Waals surface area contributed by atoms with Crippen molar-refractivity contribution in [2.45, 2.75) is 70.9 Å². The van der Waals surface area contributed by atoms with Crippen LogP contribution in [0.5, 0.6) is 0 Å². The van der Waals surface area contributed by atoms with Crippen LogP contribution >= 0.6 is 0 Å². The summed E-state index contributed by atoms with van der Waals surface area (Å²) in [6.07, 6.45) is 1.78. The van der Waals surface area contributed by atoms with E-state index in [2.05, 4.69) is 50.4 Å². The van der Waals surface area contributed by atoms with E-state index in [1.54, 1.807) is 4.90 Å². The molecule has 2 aromatic carbocycles. The molecule has 4 nitrogen and oxygen atoms in total. The van der Waals surface area contributed by atoms with Gasteiger partial charge in [-0.25, -0.2) is 0 Å². The average molecular weight is 407 g/mol. The summed E-state index contributed by atoms with van der Waals surface area (Å²) in [5.41, 5.74) is 3.76. The summed E-state index contributed by atoms with van der Waals surface area (Å²) in [5.74, 6) is 0.0990. The smallest absolute Gasteiger partial charge is 0.253 e. The summed E-state index contributed by atoms with van der Waals surface area (Å²) in [4.78, 5) is 27.1. The van der Waals surface area contributed by atoms with Crippen LogP contribution < -0.4 is 5.32 Å². The van der Waals surface area contributed by atoms with Crippen LogP contribution in [-0.2, 0) is 22.2 Å². The molecule has 0 radical (unpaired) electrons. The van der Waals surface area contributed by atoms with E-state index in [1.165, 1.54) is 5.56 Å². The minimum atomic E-state index is -0.383. The Kier molecular flexibility index (Phi) is 6.07. The fraction of sp³-hybridized carbons (Fsp3) is 0.462. The summed E-state index contributed by atoms with van der Waals surface area (Å²) in [6.45, 7) is 11.0. The van der Waals surface area contributed by atoms with Crippen LogP contribution in [0, 0.1) is 0 Å². The summed E-state index contributed by atoms with van der Waals surface area (Å²) in [7, 11) is 1.81. The molecule has 0 atom stereocenters. The van der Waals surface area contributed by atoms with Crippen LogP contribution in [0.15, 0.2) is 48.5 Å². The Hall–Kier alpha value is -2.62. The standard InChI is InChI=1S/C26H34N2O2/c1-18(2)28(6)23(29)20-9-7-19(8-10-20)17-27-24(30)26(15-16-26)22-13-11-21(12-14-22)25(3,4)5/h7-14,18H,15-17H2,1-6H3,(H,27,30). The van der Waals surface area contributed by atoms with Crippen LogP contribution in [0.4, 0.5) is 0 Å². The van der Waals surface area contributed by atoms with Crippen molar-refractivity contribution in [1.29, 1.82) is 0 Å². The van der Waals surface area contributed by atoms with Crippen molar-refractivity contribution in [3.63, 3.8) is 0 Å².